The van der Waals surface area contributed by atoms with Crippen molar-refractivity contribution >= 4 is 5.65 Å². The lowest BCUT2D eigenvalue weighted by atomic mass is 9.97. The maximum Gasteiger partial charge on any atom is 0.276 e. The Labute approximate surface area is 120 Å². The Kier molecular flexibility index (Phi) is 2.60. The van der Waals surface area contributed by atoms with Gasteiger partial charge in [-0.15, -0.1) is 0 Å². The number of hydrogen-bond acceptors (Lipinski definition) is 2. The molecule has 5 heteroatoms. The predicted molar refractivity (Wildman–Crippen MR) is 80.7 cm³/mol. The lowest BCUT2D eigenvalue weighted by molar-refractivity contribution is 0.651. The number of H-pyrrole nitrogens is 2. The summed E-state index contributed by atoms with van der Waals surface area (Å²) in [5.41, 5.74) is 3.35. The van der Waals surface area contributed by atoms with Crippen molar-refractivity contribution in [3.8, 4) is 11.1 Å². The van der Waals surface area contributed by atoms with Crippen LogP contribution in [0.5, 0.6) is 0 Å². The van der Waals surface area contributed by atoms with Gasteiger partial charge in [-0.3, -0.25) is 14.7 Å². The molecule has 0 radical (unpaired) electrons. The zero-order valence-corrected chi connectivity index (χ0v) is 11.5. The molecule has 1 aliphatic rings. The van der Waals surface area contributed by atoms with E-state index in [2.05, 4.69) is 10.1 Å². The molecule has 106 valence electrons. The third kappa shape index (κ3) is 1.77. The molecule has 0 fully saturated rings. The summed E-state index contributed by atoms with van der Waals surface area (Å²) in [7, 11) is 0. The minimum Gasteiger partial charge on any atom is -0.343 e. The molecular formula is C16H15N3O2. The van der Waals surface area contributed by atoms with Gasteiger partial charge in [-0.2, -0.15) is 4.52 Å². The number of rotatable bonds is 1. The molecule has 5 nitrogen and oxygen atoms in total. The van der Waals surface area contributed by atoms with Gasteiger partial charge in [0.05, 0.1) is 5.56 Å². The van der Waals surface area contributed by atoms with Gasteiger partial charge in [-0.05, 0) is 31.2 Å². The van der Waals surface area contributed by atoms with E-state index in [1.165, 1.54) is 4.52 Å². The van der Waals surface area contributed by atoms with Gasteiger partial charge < -0.3 is 4.98 Å². The molecule has 21 heavy (non-hydrogen) atoms. The molecule has 2 aromatic heterocycles. The molecule has 0 unspecified atom stereocenters. The fraction of sp³-hybridized carbons (Fsp3) is 0.250. The molecule has 0 bridgehead atoms. The molecule has 1 aromatic carbocycles. The summed E-state index contributed by atoms with van der Waals surface area (Å²) in [6, 6.07) is 9.43. The summed E-state index contributed by atoms with van der Waals surface area (Å²) in [6.07, 6.45) is 3.75. The Morgan fingerprint density at radius 2 is 1.76 bits per heavy atom. The highest BCUT2D eigenvalue weighted by molar-refractivity contribution is 5.76. The van der Waals surface area contributed by atoms with Gasteiger partial charge in [0.2, 0.25) is 0 Å². The lowest BCUT2D eigenvalue weighted by Gasteiger charge is -2.15. The van der Waals surface area contributed by atoms with Gasteiger partial charge in [0.1, 0.15) is 5.65 Å². The van der Waals surface area contributed by atoms with E-state index >= 15 is 0 Å². The van der Waals surface area contributed by atoms with Gasteiger partial charge in [-0.25, -0.2) is 0 Å². The second-order valence-corrected chi connectivity index (χ2v) is 5.46. The standard InChI is InChI=1S/C16H15N3O2/c20-15-13(10-6-2-1-3-7-10)14-17-12-9-5-4-8-11(12)16(21)19(14)18-15/h1-3,6-7,17H,4-5,8-9H2,(H,18,20). The molecule has 0 amide bonds. The summed E-state index contributed by atoms with van der Waals surface area (Å²) in [6.45, 7) is 0. The molecule has 1 aliphatic carbocycles. The van der Waals surface area contributed by atoms with E-state index in [1.54, 1.807) is 0 Å². The first-order chi connectivity index (χ1) is 10.3. The summed E-state index contributed by atoms with van der Waals surface area (Å²) in [5.74, 6) is 0. The first kappa shape index (κ1) is 12.2. The van der Waals surface area contributed by atoms with Crippen molar-refractivity contribution in [1.82, 2.24) is 14.6 Å². The number of aromatic nitrogens is 3. The molecule has 2 heterocycles. The van der Waals surface area contributed by atoms with E-state index in [-0.39, 0.29) is 11.1 Å². The van der Waals surface area contributed by atoms with Crippen LogP contribution in [0.3, 0.4) is 0 Å². The van der Waals surface area contributed by atoms with Crippen LogP contribution in [0.4, 0.5) is 0 Å². The van der Waals surface area contributed by atoms with Crippen molar-refractivity contribution in [3.63, 3.8) is 0 Å². The van der Waals surface area contributed by atoms with E-state index in [4.69, 9.17) is 0 Å². The van der Waals surface area contributed by atoms with Crippen LogP contribution >= 0.6 is 0 Å². The third-order valence-electron chi connectivity index (χ3n) is 4.16. The third-order valence-corrected chi connectivity index (χ3v) is 4.16. The lowest BCUT2D eigenvalue weighted by Crippen LogP contribution is -2.25. The van der Waals surface area contributed by atoms with Crippen molar-refractivity contribution in [2.75, 3.05) is 0 Å². The fourth-order valence-electron chi connectivity index (χ4n) is 3.13. The Morgan fingerprint density at radius 1 is 1.00 bits per heavy atom. The van der Waals surface area contributed by atoms with Gasteiger partial charge in [0, 0.05) is 11.3 Å². The molecule has 0 atom stereocenters. The molecule has 0 spiro atoms. The summed E-state index contributed by atoms with van der Waals surface area (Å²) < 4.78 is 1.36. The minimum atomic E-state index is -0.239. The normalized spacial score (nSPS) is 14.3. The Balaban J connectivity index is 2.10. The number of fused-ring (bicyclic) bond motifs is 2. The van der Waals surface area contributed by atoms with Gasteiger partial charge >= 0.3 is 0 Å². The van der Waals surface area contributed by atoms with Crippen LogP contribution in [0.25, 0.3) is 16.8 Å². The largest absolute Gasteiger partial charge is 0.343 e. The maximum absolute atomic E-state index is 12.5. The molecule has 4 rings (SSSR count). The highest BCUT2D eigenvalue weighted by Gasteiger charge is 2.20. The topological polar surface area (TPSA) is 70.1 Å². The van der Waals surface area contributed by atoms with Crippen LogP contribution < -0.4 is 11.1 Å². The monoisotopic (exact) mass is 281 g/mol. The van der Waals surface area contributed by atoms with E-state index in [9.17, 15) is 9.59 Å². The van der Waals surface area contributed by atoms with Crippen LogP contribution in [0, 0.1) is 0 Å². The first-order valence-electron chi connectivity index (χ1n) is 7.20. The Morgan fingerprint density at radius 3 is 2.57 bits per heavy atom. The smallest absolute Gasteiger partial charge is 0.276 e. The average molecular weight is 281 g/mol. The van der Waals surface area contributed by atoms with E-state index in [0.29, 0.717) is 11.2 Å². The van der Waals surface area contributed by atoms with Crippen LogP contribution in [0.15, 0.2) is 39.9 Å². The SMILES string of the molecule is O=c1[nH]n2c(=O)c3c([nH]c2c1-c1ccccc1)CCCC3. The maximum atomic E-state index is 12.5. The zero-order chi connectivity index (χ0) is 14.4. The van der Waals surface area contributed by atoms with E-state index < -0.39 is 0 Å². The Hall–Kier alpha value is -2.56. The van der Waals surface area contributed by atoms with Crippen LogP contribution in [-0.2, 0) is 12.8 Å². The molecular weight excluding hydrogens is 266 g/mol. The van der Waals surface area contributed by atoms with E-state index in [1.807, 2.05) is 30.3 Å². The number of nitrogens with zero attached hydrogens (tertiary/aromatic N) is 1. The highest BCUT2D eigenvalue weighted by Crippen LogP contribution is 2.22. The highest BCUT2D eigenvalue weighted by atomic mass is 16.1. The summed E-state index contributed by atoms with van der Waals surface area (Å²) >= 11 is 0. The molecule has 0 saturated heterocycles. The molecule has 2 N–H and O–H groups in total. The van der Waals surface area contributed by atoms with Crippen molar-refractivity contribution in [3.05, 3.63) is 62.3 Å². The summed E-state index contributed by atoms with van der Waals surface area (Å²) in [5, 5.41) is 2.66. The first-order valence-corrected chi connectivity index (χ1v) is 7.20. The Bertz CT molecular complexity index is 932. The van der Waals surface area contributed by atoms with E-state index in [0.717, 1.165) is 42.5 Å². The number of benzene rings is 1. The molecule has 0 saturated carbocycles. The average Bonchev–Trinajstić information content (AvgIpc) is 2.85. The van der Waals surface area contributed by atoms with Crippen molar-refractivity contribution < 1.29 is 0 Å². The fourth-order valence-corrected chi connectivity index (χ4v) is 3.13. The van der Waals surface area contributed by atoms with Gasteiger partial charge in [-0.1, -0.05) is 30.3 Å². The second-order valence-electron chi connectivity index (χ2n) is 5.46. The van der Waals surface area contributed by atoms with Gasteiger partial charge in [0.15, 0.2) is 0 Å². The number of aromatic amines is 2. The molecule has 0 aliphatic heterocycles. The number of hydrogen-bond donors (Lipinski definition) is 2. The number of nitrogens with one attached hydrogen (secondary N) is 2. The summed E-state index contributed by atoms with van der Waals surface area (Å²) in [4.78, 5) is 28.1. The van der Waals surface area contributed by atoms with Gasteiger partial charge in [0.25, 0.3) is 11.1 Å². The quantitative estimate of drug-likeness (QED) is 0.714. The molecule has 3 aromatic rings. The zero-order valence-electron chi connectivity index (χ0n) is 11.5. The van der Waals surface area contributed by atoms with Crippen LogP contribution in [0.2, 0.25) is 0 Å². The van der Waals surface area contributed by atoms with Crippen molar-refractivity contribution in [2.24, 2.45) is 0 Å². The number of aryl methyl sites for hydroxylation is 1. The van der Waals surface area contributed by atoms with Crippen LogP contribution in [-0.4, -0.2) is 14.6 Å². The van der Waals surface area contributed by atoms with Crippen molar-refractivity contribution in [2.45, 2.75) is 25.7 Å². The van der Waals surface area contributed by atoms with Crippen molar-refractivity contribution in [1.29, 1.82) is 0 Å². The second kappa shape index (κ2) is 4.48. The van der Waals surface area contributed by atoms with Crippen LogP contribution in [0.1, 0.15) is 24.1 Å². The predicted octanol–water partition coefficient (Wildman–Crippen LogP) is 1.86. The minimum absolute atomic E-state index is 0.0993.